The van der Waals surface area contributed by atoms with Crippen LogP contribution in [0.1, 0.15) is 19.4 Å². The summed E-state index contributed by atoms with van der Waals surface area (Å²) in [6.07, 6.45) is 3.82. The van der Waals surface area contributed by atoms with Gasteiger partial charge in [0.1, 0.15) is 0 Å². The maximum atomic E-state index is 12.3. The smallest absolute Gasteiger partial charge is 0.299 e. The predicted molar refractivity (Wildman–Crippen MR) is 113 cm³/mol. The number of hydrogen-bond acceptors (Lipinski definition) is 5. The minimum Gasteiger partial charge on any atom is -0.299 e. The summed E-state index contributed by atoms with van der Waals surface area (Å²) in [7, 11) is 1.56. The number of H-pyrrole nitrogens is 1. The van der Waals surface area contributed by atoms with E-state index in [1.807, 2.05) is 56.3 Å². The van der Waals surface area contributed by atoms with Crippen molar-refractivity contribution < 1.29 is 0 Å². The largest absolute Gasteiger partial charge is 0.329 e. The van der Waals surface area contributed by atoms with Crippen LogP contribution in [-0.4, -0.2) is 24.8 Å². The summed E-state index contributed by atoms with van der Waals surface area (Å²) < 4.78 is 2.95. The van der Waals surface area contributed by atoms with Gasteiger partial charge in [0, 0.05) is 13.6 Å². The van der Waals surface area contributed by atoms with Crippen molar-refractivity contribution in [2.75, 3.05) is 5.43 Å². The minimum absolute atomic E-state index is 0.283. The molecule has 0 aliphatic heterocycles. The molecule has 8 nitrogen and oxygen atoms in total. The highest BCUT2D eigenvalue weighted by Gasteiger charge is 2.17. The lowest BCUT2D eigenvalue weighted by Crippen LogP contribution is -2.29. The van der Waals surface area contributed by atoms with Gasteiger partial charge in [-0.1, -0.05) is 48.6 Å². The number of hydrogen-bond donors (Lipinski definition) is 2. The Hall–Kier alpha value is -3.68. The van der Waals surface area contributed by atoms with Crippen LogP contribution < -0.4 is 16.7 Å². The Morgan fingerprint density at radius 1 is 1.29 bits per heavy atom. The van der Waals surface area contributed by atoms with Gasteiger partial charge >= 0.3 is 5.69 Å². The normalized spacial score (nSPS) is 12.0. The zero-order chi connectivity index (χ0) is 20.3. The molecule has 3 rings (SSSR count). The third kappa shape index (κ3) is 4.01. The van der Waals surface area contributed by atoms with Gasteiger partial charge in [0.05, 0.1) is 5.71 Å². The fourth-order valence-corrected chi connectivity index (χ4v) is 2.70. The summed E-state index contributed by atoms with van der Waals surface area (Å²) in [5.41, 5.74) is 5.08. The molecule has 0 aliphatic carbocycles. The molecular weight excluding hydrogens is 356 g/mol. The number of allylic oxidation sites excluding steroid dienone is 2. The van der Waals surface area contributed by atoms with E-state index in [4.69, 9.17) is 0 Å². The van der Waals surface area contributed by atoms with Crippen LogP contribution in [0, 0.1) is 0 Å². The van der Waals surface area contributed by atoms with Crippen molar-refractivity contribution in [3.8, 4) is 0 Å². The summed E-state index contributed by atoms with van der Waals surface area (Å²) >= 11 is 0. The molecule has 8 heteroatoms. The van der Waals surface area contributed by atoms with Gasteiger partial charge in [0.25, 0.3) is 5.56 Å². The molecule has 0 unspecified atom stereocenters. The molecule has 2 heterocycles. The molecule has 0 spiro atoms. The monoisotopic (exact) mass is 378 g/mol. The molecule has 2 aromatic heterocycles. The van der Waals surface area contributed by atoms with Gasteiger partial charge in [0.15, 0.2) is 11.2 Å². The van der Waals surface area contributed by atoms with E-state index in [0.717, 1.165) is 16.8 Å². The lowest BCUT2D eigenvalue weighted by Gasteiger charge is -2.07. The number of fused-ring (bicyclic) bond motifs is 1. The van der Waals surface area contributed by atoms with E-state index in [1.165, 1.54) is 4.57 Å². The Bertz CT molecular complexity index is 1200. The number of anilines is 1. The third-order valence-corrected chi connectivity index (χ3v) is 4.08. The van der Waals surface area contributed by atoms with E-state index in [9.17, 15) is 9.59 Å². The van der Waals surface area contributed by atoms with Gasteiger partial charge in [0.2, 0.25) is 5.95 Å². The molecule has 3 aromatic rings. The summed E-state index contributed by atoms with van der Waals surface area (Å²) in [5.74, 6) is 0.358. The summed E-state index contributed by atoms with van der Waals surface area (Å²) in [6, 6.07) is 9.88. The van der Waals surface area contributed by atoms with Gasteiger partial charge in [-0.3, -0.25) is 18.9 Å². The molecule has 2 N–H and O–H groups in total. The van der Waals surface area contributed by atoms with Crippen LogP contribution in [0.3, 0.4) is 0 Å². The van der Waals surface area contributed by atoms with Gasteiger partial charge < -0.3 is 0 Å². The summed E-state index contributed by atoms with van der Waals surface area (Å²) in [4.78, 5) is 30.9. The van der Waals surface area contributed by atoms with Crippen LogP contribution in [0.5, 0.6) is 0 Å². The van der Waals surface area contributed by atoms with Crippen molar-refractivity contribution in [2.45, 2.75) is 20.4 Å². The second kappa shape index (κ2) is 7.91. The quantitative estimate of drug-likeness (QED) is 0.391. The predicted octanol–water partition coefficient (Wildman–Crippen LogP) is 2.50. The number of imidazole rings is 1. The molecule has 0 bridgehead atoms. The highest BCUT2D eigenvalue weighted by Crippen LogP contribution is 2.17. The Labute approximate surface area is 161 Å². The lowest BCUT2D eigenvalue weighted by atomic mass is 10.2. The number of nitrogens with one attached hydrogen (secondary N) is 2. The van der Waals surface area contributed by atoms with E-state index in [0.29, 0.717) is 18.0 Å². The molecule has 0 radical (unpaired) electrons. The highest BCUT2D eigenvalue weighted by atomic mass is 16.2. The van der Waals surface area contributed by atoms with Crippen molar-refractivity contribution >= 4 is 28.9 Å². The Kier molecular flexibility index (Phi) is 5.39. The third-order valence-electron chi connectivity index (χ3n) is 4.08. The van der Waals surface area contributed by atoms with E-state index in [1.54, 1.807) is 11.6 Å². The van der Waals surface area contributed by atoms with E-state index in [2.05, 4.69) is 27.1 Å². The summed E-state index contributed by atoms with van der Waals surface area (Å²) in [5, 5.41) is 4.32. The van der Waals surface area contributed by atoms with E-state index >= 15 is 0 Å². The van der Waals surface area contributed by atoms with Crippen molar-refractivity contribution in [3.05, 3.63) is 75.0 Å². The number of nitrogens with zero attached hydrogens (tertiary/aromatic N) is 4. The van der Waals surface area contributed by atoms with Crippen molar-refractivity contribution in [3.63, 3.8) is 0 Å². The molecule has 0 saturated heterocycles. The number of hydrazone groups is 1. The first kappa shape index (κ1) is 19.1. The van der Waals surface area contributed by atoms with Gasteiger partial charge in [-0.05, 0) is 25.5 Å². The second-order valence-electron chi connectivity index (χ2n) is 6.58. The maximum absolute atomic E-state index is 12.3. The molecule has 0 saturated carbocycles. The Morgan fingerprint density at radius 2 is 2.00 bits per heavy atom. The Balaban J connectivity index is 1.98. The first-order valence-corrected chi connectivity index (χ1v) is 8.74. The standard InChI is InChI=1S/C20H22N6O2/c1-13(2)12-26-16-17(25(4)20(28)22-18(16)27)21-19(26)24-23-14(3)10-11-15-8-6-5-7-9-15/h5-11H,1,12H2,2-4H3,(H,21,24)(H,22,27,28). The van der Waals surface area contributed by atoms with E-state index < -0.39 is 11.2 Å². The molecule has 28 heavy (non-hydrogen) atoms. The number of benzene rings is 1. The summed E-state index contributed by atoms with van der Waals surface area (Å²) in [6.45, 7) is 7.97. The van der Waals surface area contributed by atoms with E-state index in [-0.39, 0.29) is 5.65 Å². The van der Waals surface area contributed by atoms with Gasteiger partial charge in [-0.15, -0.1) is 0 Å². The minimum atomic E-state index is -0.519. The molecule has 0 amide bonds. The zero-order valence-corrected chi connectivity index (χ0v) is 16.1. The Morgan fingerprint density at radius 3 is 2.68 bits per heavy atom. The van der Waals surface area contributed by atoms with Crippen molar-refractivity contribution in [1.82, 2.24) is 19.1 Å². The van der Waals surface area contributed by atoms with Gasteiger partial charge in [-0.2, -0.15) is 10.1 Å². The molecule has 0 fully saturated rings. The van der Waals surface area contributed by atoms with Crippen molar-refractivity contribution in [2.24, 2.45) is 12.1 Å². The number of aromatic amines is 1. The number of rotatable bonds is 6. The van der Waals surface area contributed by atoms with Crippen LogP contribution in [-0.2, 0) is 13.6 Å². The average molecular weight is 378 g/mol. The fraction of sp³-hybridized carbons (Fsp3) is 0.200. The fourth-order valence-electron chi connectivity index (χ4n) is 2.70. The molecular formula is C20H22N6O2. The molecule has 0 aliphatic rings. The number of aromatic nitrogens is 4. The SMILES string of the molecule is C=C(C)Cn1c(NN=C(C)C=Cc2ccccc2)nc2c1c(=O)[nH]c(=O)n2C. The average Bonchev–Trinajstić information content (AvgIpc) is 3.02. The van der Waals surface area contributed by atoms with Crippen LogP contribution in [0.25, 0.3) is 17.2 Å². The molecule has 144 valence electrons. The zero-order valence-electron chi connectivity index (χ0n) is 16.1. The van der Waals surface area contributed by atoms with Gasteiger partial charge in [-0.25, -0.2) is 10.2 Å². The first-order valence-electron chi connectivity index (χ1n) is 8.74. The van der Waals surface area contributed by atoms with Crippen LogP contribution in [0.4, 0.5) is 5.95 Å². The maximum Gasteiger partial charge on any atom is 0.329 e. The van der Waals surface area contributed by atoms with Crippen LogP contribution >= 0.6 is 0 Å². The highest BCUT2D eigenvalue weighted by molar-refractivity contribution is 5.96. The second-order valence-corrected chi connectivity index (χ2v) is 6.58. The van der Waals surface area contributed by atoms with Crippen LogP contribution in [0.2, 0.25) is 0 Å². The van der Waals surface area contributed by atoms with Crippen LogP contribution in [0.15, 0.2) is 63.3 Å². The first-order chi connectivity index (χ1) is 13.4. The topological polar surface area (TPSA) is 97.1 Å². The number of aryl methyl sites for hydroxylation is 1. The molecule has 0 atom stereocenters. The van der Waals surface area contributed by atoms with Crippen molar-refractivity contribution in [1.29, 1.82) is 0 Å². The molecule has 1 aromatic carbocycles. The lowest BCUT2D eigenvalue weighted by molar-refractivity contribution is 0.799.